The third-order valence-corrected chi connectivity index (χ3v) is 32.3. The second-order valence-corrected chi connectivity index (χ2v) is 38.6. The second kappa shape index (κ2) is 7.99. The van der Waals surface area contributed by atoms with Crippen molar-refractivity contribution < 1.29 is 44.0 Å². The van der Waals surface area contributed by atoms with Crippen LogP contribution < -0.4 is 24.8 Å². The van der Waals surface area contributed by atoms with Crippen molar-refractivity contribution >= 4 is 31.3 Å². The van der Waals surface area contributed by atoms with E-state index in [-0.39, 0.29) is 44.0 Å². The first-order valence-electron chi connectivity index (χ1n) is 9.85. The van der Waals surface area contributed by atoms with E-state index in [4.69, 9.17) is 0 Å². The Labute approximate surface area is 193 Å². The molecule has 3 aliphatic rings. The molecule has 0 radical (unpaired) electrons. The summed E-state index contributed by atoms with van der Waals surface area (Å²) in [6.45, 7) is 26.5. The zero-order chi connectivity index (χ0) is 19.0. The maximum Gasteiger partial charge on any atom is -1.00 e. The van der Waals surface area contributed by atoms with Crippen molar-refractivity contribution in [3.63, 3.8) is 0 Å². The molecule has 0 nitrogen and oxygen atoms in total. The molecule has 0 aromatic rings. The van der Waals surface area contributed by atoms with E-state index in [1.165, 1.54) is 12.8 Å². The maximum atomic E-state index is 2.76. The minimum Gasteiger partial charge on any atom is -1.00 e. The van der Waals surface area contributed by atoms with Gasteiger partial charge in [-0.15, -0.1) is 0 Å². The molecule has 7 heteroatoms. The Kier molecular flexibility index (Phi) is 7.74. The number of halogens is 2. The molecule has 0 saturated heterocycles. The van der Waals surface area contributed by atoms with Gasteiger partial charge >= 0.3 is 169 Å². The van der Waals surface area contributed by atoms with Crippen molar-refractivity contribution in [3.05, 3.63) is 40.7 Å². The van der Waals surface area contributed by atoms with Gasteiger partial charge in [-0.05, 0) is 0 Å². The number of rotatable bonds is 2. The fourth-order valence-corrected chi connectivity index (χ4v) is 30.1. The third kappa shape index (κ3) is 4.16. The summed E-state index contributed by atoms with van der Waals surface area (Å²) in [7, 11) is -5.36. The molecule has 3 rings (SSSR count). The summed E-state index contributed by atoms with van der Waals surface area (Å²) < 4.78 is 3.93. The van der Waals surface area contributed by atoms with Crippen molar-refractivity contribution in [1.29, 1.82) is 0 Å². The van der Waals surface area contributed by atoms with Gasteiger partial charge in [-0.25, -0.2) is 0 Å². The van der Waals surface area contributed by atoms with Crippen LogP contribution in [0.2, 0.25) is 65.5 Å². The van der Waals surface area contributed by atoms with E-state index >= 15 is 0 Å². The van der Waals surface area contributed by atoms with Crippen LogP contribution in [0.4, 0.5) is 0 Å². The van der Waals surface area contributed by atoms with Gasteiger partial charge in [-0.3, -0.25) is 0 Å². The van der Waals surface area contributed by atoms with Gasteiger partial charge < -0.3 is 24.8 Å². The zero-order valence-electron chi connectivity index (χ0n) is 18.8. The number of hydrogen-bond acceptors (Lipinski definition) is 0. The second-order valence-electron chi connectivity index (χ2n) is 11.2. The molecule has 1 aliphatic heterocycles. The van der Waals surface area contributed by atoms with Gasteiger partial charge in [0.2, 0.25) is 0 Å². The molecular formula is C20H36Cl2Si4Ti. The average Bonchev–Trinajstić information content (AvgIpc) is 3.00. The Morgan fingerprint density at radius 3 is 1.22 bits per heavy atom. The molecule has 0 aromatic carbocycles. The van der Waals surface area contributed by atoms with Crippen molar-refractivity contribution in [2.75, 3.05) is 0 Å². The van der Waals surface area contributed by atoms with Crippen LogP contribution in [-0.2, 0) is 19.2 Å². The summed E-state index contributed by atoms with van der Waals surface area (Å²) in [4.78, 5) is 0. The summed E-state index contributed by atoms with van der Waals surface area (Å²) in [5.41, 5.74) is 0. The fourth-order valence-electron chi connectivity index (χ4n) is 4.97. The van der Waals surface area contributed by atoms with Crippen LogP contribution in [-0.4, -0.2) is 31.3 Å². The Morgan fingerprint density at radius 1 is 0.667 bits per heavy atom. The summed E-state index contributed by atoms with van der Waals surface area (Å²) in [5, 5.41) is 7.77. The molecule has 0 atom stereocenters. The summed E-state index contributed by atoms with van der Waals surface area (Å²) in [6, 6.07) is 0. The van der Waals surface area contributed by atoms with E-state index in [0.29, 0.717) is 0 Å². The molecule has 0 saturated carbocycles. The predicted molar refractivity (Wildman–Crippen MR) is 121 cm³/mol. The van der Waals surface area contributed by atoms with Crippen molar-refractivity contribution in [3.8, 4) is 0 Å². The first kappa shape index (κ1) is 26.2. The Bertz CT molecular complexity index is 696. The normalized spacial score (nSPS) is 23.0. The molecule has 27 heavy (non-hydrogen) atoms. The standard InChI is InChI=1S/C20H36Si4.2ClH.Ti/c1-21(2,3)17-13-11-15-19(17)23(7,8)24(9,10)20-16-12-14-18(20)22(4,5)6;;;/h13-14H,11-12H2,1-10H3;2*1H;/q;;;+2/p-2. The topological polar surface area (TPSA) is 0 Å². The van der Waals surface area contributed by atoms with Gasteiger partial charge in [0, 0.05) is 0 Å². The van der Waals surface area contributed by atoms with E-state index in [9.17, 15) is 0 Å². The van der Waals surface area contributed by atoms with E-state index in [1.54, 1.807) is 0 Å². The van der Waals surface area contributed by atoms with Crippen LogP contribution in [0.5, 0.6) is 0 Å². The van der Waals surface area contributed by atoms with Crippen molar-refractivity contribution in [2.24, 2.45) is 0 Å². The first-order chi connectivity index (χ1) is 11.2. The molecule has 2 aliphatic carbocycles. The Morgan fingerprint density at radius 2 is 0.963 bits per heavy atom. The summed E-state index contributed by atoms with van der Waals surface area (Å²) in [6.07, 6.45) is 8.00. The number of allylic oxidation sites excluding steroid dienone is 8. The van der Waals surface area contributed by atoms with E-state index < -0.39 is 31.3 Å². The molecule has 0 aromatic heterocycles. The molecule has 0 bridgehead atoms. The van der Waals surface area contributed by atoms with E-state index in [2.05, 4.69) is 77.6 Å². The third-order valence-electron chi connectivity index (χ3n) is 6.89. The average molecular weight is 508 g/mol. The maximum absolute atomic E-state index is 2.76. The van der Waals surface area contributed by atoms with Crippen LogP contribution in [0, 0.1) is 0 Å². The summed E-state index contributed by atoms with van der Waals surface area (Å²) >= 11 is -0.0650. The van der Waals surface area contributed by atoms with Crippen molar-refractivity contribution in [2.45, 2.75) is 78.3 Å². The monoisotopic (exact) mass is 506 g/mol. The van der Waals surface area contributed by atoms with Gasteiger partial charge in [-0.1, -0.05) is 0 Å². The van der Waals surface area contributed by atoms with Gasteiger partial charge in [0.1, 0.15) is 0 Å². The van der Waals surface area contributed by atoms with Gasteiger partial charge in [0.15, 0.2) is 0 Å². The molecule has 150 valence electrons. The molecule has 0 unspecified atom stereocenters. The van der Waals surface area contributed by atoms with Gasteiger partial charge in [0.25, 0.3) is 0 Å². The molecule has 0 N–H and O–H groups in total. The SMILES string of the molecule is C[Si](C)(C)C1=CC[C]2=C1[Si](C)(C)[Si](C)(C)C1=[C](CC=C1[Si](C)(C)C)[Ti+2]2.[Cl-].[Cl-]. The summed E-state index contributed by atoms with van der Waals surface area (Å²) in [5.74, 6) is 0. The predicted octanol–water partition coefficient (Wildman–Crippen LogP) is 0.587. The van der Waals surface area contributed by atoms with Crippen molar-refractivity contribution in [1.82, 2.24) is 0 Å². The first-order valence-corrected chi connectivity index (χ1v) is 25.4. The Balaban J connectivity index is 0.00000182. The smallest absolute Gasteiger partial charge is 1.00 e. The van der Waals surface area contributed by atoms with Crippen LogP contribution in [0.25, 0.3) is 0 Å². The molecule has 0 fully saturated rings. The van der Waals surface area contributed by atoms with Gasteiger partial charge in [0.05, 0.1) is 0 Å². The van der Waals surface area contributed by atoms with E-state index in [1.807, 2.05) is 28.5 Å². The van der Waals surface area contributed by atoms with E-state index in [0.717, 1.165) is 0 Å². The number of hydrogen-bond donors (Lipinski definition) is 0. The van der Waals surface area contributed by atoms with Crippen LogP contribution in [0.1, 0.15) is 12.8 Å². The molecule has 1 heterocycles. The fraction of sp³-hybridized carbons (Fsp3) is 0.600. The molecule has 0 spiro atoms. The molecular weight excluding hydrogens is 471 g/mol. The zero-order valence-corrected chi connectivity index (χ0v) is 25.9. The minimum absolute atomic E-state index is 0. The van der Waals surface area contributed by atoms with Crippen LogP contribution >= 0.6 is 0 Å². The largest absolute Gasteiger partial charge is 1.00 e. The minimum atomic E-state index is -1.44. The quantitative estimate of drug-likeness (QED) is 0.480. The Hall–Kier alpha value is 1.12. The van der Waals surface area contributed by atoms with Crippen LogP contribution in [0.3, 0.4) is 0 Å². The molecule has 0 amide bonds. The van der Waals surface area contributed by atoms with Crippen LogP contribution in [0.15, 0.2) is 40.7 Å². The van der Waals surface area contributed by atoms with Gasteiger partial charge in [-0.2, -0.15) is 0 Å².